The van der Waals surface area contributed by atoms with Gasteiger partial charge in [-0.3, -0.25) is 4.98 Å². The number of aromatic nitrogens is 1. The molecule has 3 nitrogen and oxygen atoms in total. The SMILES string of the molecule is CCC(C)C(c1ccccc1)C(N)c1cncc(OC)c1. The molecule has 0 bridgehead atoms. The van der Waals surface area contributed by atoms with Gasteiger partial charge < -0.3 is 10.5 Å². The molecule has 0 aliphatic rings. The fourth-order valence-electron chi connectivity index (χ4n) is 2.76. The minimum absolute atomic E-state index is 0.0926. The minimum atomic E-state index is -0.0926. The molecule has 3 atom stereocenters. The molecule has 0 saturated carbocycles. The number of hydrogen-bond acceptors (Lipinski definition) is 3. The Kier molecular flexibility index (Phi) is 5.34. The van der Waals surface area contributed by atoms with E-state index in [1.807, 2.05) is 18.3 Å². The van der Waals surface area contributed by atoms with E-state index in [2.05, 4.69) is 43.1 Å². The second kappa shape index (κ2) is 7.23. The van der Waals surface area contributed by atoms with Gasteiger partial charge in [-0.1, -0.05) is 50.6 Å². The van der Waals surface area contributed by atoms with Crippen molar-refractivity contribution < 1.29 is 4.74 Å². The zero-order valence-electron chi connectivity index (χ0n) is 13.0. The van der Waals surface area contributed by atoms with Gasteiger partial charge in [0.1, 0.15) is 5.75 Å². The van der Waals surface area contributed by atoms with Crippen LogP contribution in [0.3, 0.4) is 0 Å². The van der Waals surface area contributed by atoms with Crippen LogP contribution in [-0.4, -0.2) is 12.1 Å². The van der Waals surface area contributed by atoms with E-state index in [1.165, 1.54) is 5.56 Å². The number of ether oxygens (including phenoxy) is 1. The Morgan fingerprint density at radius 2 is 1.86 bits per heavy atom. The topological polar surface area (TPSA) is 48.1 Å². The Bertz CT molecular complexity index is 556. The molecule has 3 heteroatoms. The first-order chi connectivity index (χ1) is 10.2. The largest absolute Gasteiger partial charge is 0.495 e. The minimum Gasteiger partial charge on any atom is -0.495 e. The predicted molar refractivity (Wildman–Crippen MR) is 86.4 cm³/mol. The molecular weight excluding hydrogens is 260 g/mol. The maximum absolute atomic E-state index is 6.58. The molecule has 0 aliphatic heterocycles. The Balaban J connectivity index is 2.36. The maximum Gasteiger partial charge on any atom is 0.137 e. The van der Waals surface area contributed by atoms with Crippen LogP contribution in [0.4, 0.5) is 0 Å². The number of benzene rings is 1. The smallest absolute Gasteiger partial charge is 0.137 e. The number of nitrogens with two attached hydrogens (primary N) is 1. The number of methoxy groups -OCH3 is 1. The van der Waals surface area contributed by atoms with Crippen molar-refractivity contribution in [1.29, 1.82) is 0 Å². The highest BCUT2D eigenvalue weighted by Gasteiger charge is 2.26. The van der Waals surface area contributed by atoms with Gasteiger partial charge in [0.05, 0.1) is 13.3 Å². The van der Waals surface area contributed by atoms with Crippen LogP contribution < -0.4 is 10.5 Å². The van der Waals surface area contributed by atoms with Crippen molar-refractivity contribution in [2.45, 2.75) is 32.2 Å². The molecule has 2 rings (SSSR count). The quantitative estimate of drug-likeness (QED) is 0.874. The average Bonchev–Trinajstić information content (AvgIpc) is 2.55. The first-order valence-corrected chi connectivity index (χ1v) is 7.46. The Labute approximate surface area is 127 Å². The summed E-state index contributed by atoms with van der Waals surface area (Å²) >= 11 is 0. The van der Waals surface area contributed by atoms with Crippen molar-refractivity contribution in [2.24, 2.45) is 11.7 Å². The van der Waals surface area contributed by atoms with E-state index in [-0.39, 0.29) is 12.0 Å². The first kappa shape index (κ1) is 15.5. The summed E-state index contributed by atoms with van der Waals surface area (Å²) in [5.41, 5.74) is 8.87. The van der Waals surface area contributed by atoms with Gasteiger partial charge in [-0.05, 0) is 23.1 Å². The second-order valence-electron chi connectivity index (χ2n) is 5.51. The molecule has 3 unspecified atom stereocenters. The van der Waals surface area contributed by atoms with Gasteiger partial charge in [0.15, 0.2) is 0 Å². The van der Waals surface area contributed by atoms with Crippen molar-refractivity contribution in [2.75, 3.05) is 7.11 Å². The summed E-state index contributed by atoms with van der Waals surface area (Å²) < 4.78 is 5.26. The van der Waals surface area contributed by atoms with Crippen molar-refractivity contribution in [3.63, 3.8) is 0 Å². The summed E-state index contributed by atoms with van der Waals surface area (Å²) in [6, 6.07) is 12.4. The number of nitrogens with zero attached hydrogens (tertiary/aromatic N) is 1. The van der Waals surface area contributed by atoms with E-state index in [4.69, 9.17) is 10.5 Å². The van der Waals surface area contributed by atoms with E-state index in [0.717, 1.165) is 17.7 Å². The van der Waals surface area contributed by atoms with Gasteiger partial charge >= 0.3 is 0 Å². The van der Waals surface area contributed by atoms with Gasteiger partial charge in [0, 0.05) is 18.2 Å². The lowest BCUT2D eigenvalue weighted by Gasteiger charge is -2.29. The van der Waals surface area contributed by atoms with Gasteiger partial charge in [-0.25, -0.2) is 0 Å². The van der Waals surface area contributed by atoms with Gasteiger partial charge in [-0.15, -0.1) is 0 Å². The van der Waals surface area contributed by atoms with Crippen LogP contribution in [0.15, 0.2) is 48.8 Å². The molecular formula is C18H24N2O. The van der Waals surface area contributed by atoms with Crippen LogP contribution in [0.5, 0.6) is 5.75 Å². The lowest BCUT2D eigenvalue weighted by Crippen LogP contribution is -2.25. The van der Waals surface area contributed by atoms with Crippen LogP contribution in [-0.2, 0) is 0 Å². The molecule has 0 spiro atoms. The van der Waals surface area contributed by atoms with E-state index < -0.39 is 0 Å². The number of pyridine rings is 1. The fourth-order valence-corrected chi connectivity index (χ4v) is 2.76. The Morgan fingerprint density at radius 3 is 2.48 bits per heavy atom. The highest BCUT2D eigenvalue weighted by molar-refractivity contribution is 5.31. The Morgan fingerprint density at radius 1 is 1.14 bits per heavy atom. The summed E-state index contributed by atoms with van der Waals surface area (Å²) in [5, 5.41) is 0. The summed E-state index contributed by atoms with van der Waals surface area (Å²) in [4.78, 5) is 4.23. The van der Waals surface area contributed by atoms with E-state index in [0.29, 0.717) is 5.92 Å². The first-order valence-electron chi connectivity index (χ1n) is 7.46. The predicted octanol–water partition coefficient (Wildman–Crippen LogP) is 3.92. The van der Waals surface area contributed by atoms with E-state index in [9.17, 15) is 0 Å². The average molecular weight is 284 g/mol. The highest BCUT2D eigenvalue weighted by atomic mass is 16.5. The fraction of sp³-hybridized carbons (Fsp3) is 0.389. The summed E-state index contributed by atoms with van der Waals surface area (Å²) in [7, 11) is 1.65. The molecule has 1 aromatic heterocycles. The molecule has 112 valence electrons. The molecule has 21 heavy (non-hydrogen) atoms. The van der Waals surface area contributed by atoms with Gasteiger partial charge in [0.25, 0.3) is 0 Å². The zero-order valence-corrected chi connectivity index (χ0v) is 13.0. The molecule has 0 aliphatic carbocycles. The molecule has 2 N–H and O–H groups in total. The van der Waals surface area contributed by atoms with Crippen LogP contribution in [0.2, 0.25) is 0 Å². The molecule has 0 fully saturated rings. The zero-order chi connectivity index (χ0) is 15.2. The van der Waals surface area contributed by atoms with Gasteiger partial charge in [0.2, 0.25) is 0 Å². The second-order valence-corrected chi connectivity index (χ2v) is 5.51. The monoisotopic (exact) mass is 284 g/mol. The normalized spacial score (nSPS) is 15.2. The van der Waals surface area contributed by atoms with Crippen LogP contribution in [0.25, 0.3) is 0 Å². The van der Waals surface area contributed by atoms with Crippen molar-refractivity contribution in [1.82, 2.24) is 4.98 Å². The standard InChI is InChI=1S/C18H24N2O/c1-4-13(2)17(14-8-6-5-7-9-14)18(19)15-10-16(21-3)12-20-11-15/h5-13,17-18H,4,19H2,1-3H3. The summed E-state index contributed by atoms with van der Waals surface area (Å²) in [5.74, 6) is 1.51. The van der Waals surface area contributed by atoms with Gasteiger partial charge in [-0.2, -0.15) is 0 Å². The number of rotatable bonds is 6. The van der Waals surface area contributed by atoms with Crippen molar-refractivity contribution in [3.05, 3.63) is 59.9 Å². The van der Waals surface area contributed by atoms with Crippen LogP contribution >= 0.6 is 0 Å². The van der Waals surface area contributed by atoms with Crippen molar-refractivity contribution in [3.8, 4) is 5.75 Å². The van der Waals surface area contributed by atoms with Crippen molar-refractivity contribution >= 4 is 0 Å². The molecule has 0 radical (unpaired) electrons. The third-order valence-electron chi connectivity index (χ3n) is 4.18. The molecule has 0 amide bonds. The highest BCUT2D eigenvalue weighted by Crippen LogP contribution is 2.37. The maximum atomic E-state index is 6.58. The molecule has 1 heterocycles. The van der Waals surface area contributed by atoms with E-state index >= 15 is 0 Å². The molecule has 0 saturated heterocycles. The Hall–Kier alpha value is -1.87. The van der Waals surface area contributed by atoms with E-state index in [1.54, 1.807) is 13.3 Å². The van der Waals surface area contributed by atoms with Crippen LogP contribution in [0, 0.1) is 5.92 Å². The third kappa shape index (κ3) is 3.61. The molecule has 2 aromatic rings. The summed E-state index contributed by atoms with van der Waals surface area (Å²) in [6.07, 6.45) is 4.63. The lowest BCUT2D eigenvalue weighted by atomic mass is 9.78. The summed E-state index contributed by atoms with van der Waals surface area (Å²) in [6.45, 7) is 4.46. The number of hydrogen-bond donors (Lipinski definition) is 1. The third-order valence-corrected chi connectivity index (χ3v) is 4.18. The lowest BCUT2D eigenvalue weighted by molar-refractivity contribution is 0.383. The molecule has 1 aromatic carbocycles. The van der Waals surface area contributed by atoms with Crippen LogP contribution in [0.1, 0.15) is 43.4 Å².